The van der Waals surface area contributed by atoms with Crippen molar-refractivity contribution in [2.24, 2.45) is 0 Å². The van der Waals surface area contributed by atoms with Crippen molar-refractivity contribution >= 4 is 10.9 Å². The number of fused-ring (bicyclic) bond motifs is 1. The van der Waals surface area contributed by atoms with Gasteiger partial charge in [-0.15, -0.1) is 0 Å². The van der Waals surface area contributed by atoms with Crippen LogP contribution in [-0.2, 0) is 0 Å². The van der Waals surface area contributed by atoms with Gasteiger partial charge in [-0.3, -0.25) is 14.6 Å². The van der Waals surface area contributed by atoms with Crippen LogP contribution in [-0.4, -0.2) is 14.9 Å². The van der Waals surface area contributed by atoms with Gasteiger partial charge >= 0.3 is 0 Å². The lowest BCUT2D eigenvalue weighted by molar-refractivity contribution is 0.476. The normalized spacial score (nSPS) is 11.4. The lowest BCUT2D eigenvalue weighted by atomic mass is 10.2. The molecule has 0 amide bonds. The molecule has 2 N–H and O–H groups in total. The molecule has 0 aliphatic heterocycles. The van der Waals surface area contributed by atoms with Crippen molar-refractivity contribution in [3.8, 4) is 5.75 Å². The van der Waals surface area contributed by atoms with Gasteiger partial charge in [0.15, 0.2) is 0 Å². The number of aromatic nitrogens is 2. The number of H-pyrrole nitrogens is 1. The molecule has 0 saturated carbocycles. The molecule has 0 unspecified atom stereocenters. The third-order valence-corrected chi connectivity index (χ3v) is 2.22. The van der Waals surface area contributed by atoms with Crippen LogP contribution in [0.4, 0.5) is 0 Å². The van der Waals surface area contributed by atoms with Gasteiger partial charge in [-0.2, -0.15) is 0 Å². The first-order valence-corrected chi connectivity index (χ1v) is 4.53. The zero-order chi connectivity index (χ0) is 10.3. The summed E-state index contributed by atoms with van der Waals surface area (Å²) in [5.74, 6) is 0.115. The fraction of sp³-hybridized carbons (Fsp3) is 0.300. The van der Waals surface area contributed by atoms with Gasteiger partial charge in [0.2, 0.25) is 0 Å². The van der Waals surface area contributed by atoms with Crippen molar-refractivity contribution in [1.82, 2.24) is 9.78 Å². The smallest absolute Gasteiger partial charge is 0.272 e. The highest BCUT2D eigenvalue weighted by atomic mass is 16.3. The van der Waals surface area contributed by atoms with Crippen LogP contribution >= 0.6 is 0 Å². The van der Waals surface area contributed by atoms with Crippen molar-refractivity contribution < 1.29 is 5.11 Å². The summed E-state index contributed by atoms with van der Waals surface area (Å²) in [5, 5.41) is 12.5. The molecule has 0 atom stereocenters. The summed E-state index contributed by atoms with van der Waals surface area (Å²) >= 11 is 0. The van der Waals surface area contributed by atoms with Gasteiger partial charge in [-0.05, 0) is 32.0 Å². The molecule has 0 spiro atoms. The summed E-state index contributed by atoms with van der Waals surface area (Å²) in [5.41, 5.74) is 0.660. The molecule has 4 heteroatoms. The highest BCUT2D eigenvalue weighted by Crippen LogP contribution is 2.18. The maximum atomic E-state index is 11.5. The molecule has 1 aromatic carbocycles. The molecular weight excluding hydrogens is 180 g/mol. The Bertz CT molecular complexity index is 522. The Hall–Kier alpha value is -1.71. The van der Waals surface area contributed by atoms with Gasteiger partial charge in [0.25, 0.3) is 5.56 Å². The Morgan fingerprint density at radius 1 is 1.43 bits per heavy atom. The standard InChI is InChI=1S/C10H12N2O2/c1-6(2)12-9-4-3-7(13)5-8(9)10(14)11-12/h3-6,13H,1-2H3,(H,11,14). The molecule has 74 valence electrons. The van der Waals surface area contributed by atoms with Crippen LogP contribution in [0.25, 0.3) is 10.9 Å². The second-order valence-electron chi connectivity index (χ2n) is 3.61. The first-order valence-electron chi connectivity index (χ1n) is 4.53. The highest BCUT2D eigenvalue weighted by Gasteiger charge is 2.08. The van der Waals surface area contributed by atoms with Gasteiger partial charge in [0.05, 0.1) is 10.9 Å². The van der Waals surface area contributed by atoms with E-state index in [1.807, 2.05) is 13.8 Å². The number of nitrogens with zero attached hydrogens (tertiary/aromatic N) is 1. The number of benzene rings is 1. The second-order valence-corrected chi connectivity index (χ2v) is 3.61. The Labute approximate surface area is 80.8 Å². The predicted octanol–water partition coefficient (Wildman–Crippen LogP) is 1.62. The molecule has 2 rings (SSSR count). The first-order chi connectivity index (χ1) is 6.59. The Balaban J connectivity index is 2.84. The number of hydrogen-bond donors (Lipinski definition) is 2. The fourth-order valence-electron chi connectivity index (χ4n) is 1.55. The van der Waals surface area contributed by atoms with Gasteiger partial charge < -0.3 is 5.11 Å². The third kappa shape index (κ3) is 1.19. The van der Waals surface area contributed by atoms with E-state index < -0.39 is 0 Å². The zero-order valence-corrected chi connectivity index (χ0v) is 8.11. The Kier molecular flexibility index (Phi) is 1.84. The molecule has 14 heavy (non-hydrogen) atoms. The molecule has 2 aromatic rings. The number of phenolic OH excluding ortho intramolecular Hbond substituents is 1. The SMILES string of the molecule is CC(C)n1[nH]c(=O)c2cc(O)ccc21. The summed E-state index contributed by atoms with van der Waals surface area (Å²) in [4.78, 5) is 11.5. The summed E-state index contributed by atoms with van der Waals surface area (Å²) in [6.07, 6.45) is 0. The van der Waals surface area contributed by atoms with Crippen LogP contribution in [0.5, 0.6) is 5.75 Å². The minimum Gasteiger partial charge on any atom is -0.508 e. The van der Waals surface area contributed by atoms with Crippen LogP contribution in [0.3, 0.4) is 0 Å². The maximum absolute atomic E-state index is 11.5. The molecule has 0 saturated heterocycles. The van der Waals surface area contributed by atoms with Gasteiger partial charge in [0.1, 0.15) is 5.75 Å². The van der Waals surface area contributed by atoms with E-state index in [1.165, 1.54) is 6.07 Å². The molecular formula is C10H12N2O2. The molecule has 0 aliphatic rings. The first kappa shape index (κ1) is 8.87. The second kappa shape index (κ2) is 2.90. The van der Waals surface area contributed by atoms with Crippen LogP contribution in [0, 0.1) is 0 Å². The molecule has 0 fully saturated rings. The molecule has 0 aliphatic carbocycles. The van der Waals surface area contributed by atoms with Gasteiger partial charge in [-0.25, -0.2) is 0 Å². The topological polar surface area (TPSA) is 58.0 Å². The Morgan fingerprint density at radius 3 is 2.79 bits per heavy atom. The predicted molar refractivity (Wildman–Crippen MR) is 54.6 cm³/mol. The number of rotatable bonds is 1. The molecule has 1 aromatic heterocycles. The summed E-state index contributed by atoms with van der Waals surface area (Å²) in [6, 6.07) is 4.99. The number of aromatic hydroxyl groups is 1. The lowest BCUT2D eigenvalue weighted by Gasteiger charge is -2.07. The van der Waals surface area contributed by atoms with E-state index >= 15 is 0 Å². The average molecular weight is 192 g/mol. The van der Waals surface area contributed by atoms with Crippen molar-refractivity contribution in [1.29, 1.82) is 0 Å². The number of nitrogens with one attached hydrogen (secondary N) is 1. The van der Waals surface area contributed by atoms with E-state index in [9.17, 15) is 9.90 Å². The third-order valence-electron chi connectivity index (χ3n) is 2.22. The number of phenols is 1. The summed E-state index contributed by atoms with van der Waals surface area (Å²) in [6.45, 7) is 3.98. The van der Waals surface area contributed by atoms with Crippen molar-refractivity contribution in [2.45, 2.75) is 19.9 Å². The van der Waals surface area contributed by atoms with Crippen LogP contribution in [0.2, 0.25) is 0 Å². The van der Waals surface area contributed by atoms with E-state index in [2.05, 4.69) is 5.10 Å². The average Bonchev–Trinajstić information content (AvgIpc) is 2.44. The van der Waals surface area contributed by atoms with E-state index in [0.717, 1.165) is 5.52 Å². The molecule has 0 radical (unpaired) electrons. The van der Waals surface area contributed by atoms with Crippen molar-refractivity contribution in [3.05, 3.63) is 28.6 Å². The van der Waals surface area contributed by atoms with E-state index in [-0.39, 0.29) is 17.4 Å². The van der Waals surface area contributed by atoms with E-state index in [0.29, 0.717) is 5.39 Å². The van der Waals surface area contributed by atoms with E-state index in [4.69, 9.17) is 0 Å². The maximum Gasteiger partial charge on any atom is 0.272 e. The summed E-state index contributed by atoms with van der Waals surface area (Å²) < 4.78 is 1.79. The monoisotopic (exact) mass is 192 g/mol. The highest BCUT2D eigenvalue weighted by molar-refractivity contribution is 5.80. The van der Waals surface area contributed by atoms with Crippen LogP contribution in [0.1, 0.15) is 19.9 Å². The van der Waals surface area contributed by atoms with Crippen molar-refractivity contribution in [2.75, 3.05) is 0 Å². The van der Waals surface area contributed by atoms with Crippen molar-refractivity contribution in [3.63, 3.8) is 0 Å². The lowest BCUT2D eigenvalue weighted by Crippen LogP contribution is -2.07. The zero-order valence-electron chi connectivity index (χ0n) is 8.11. The summed E-state index contributed by atoms with van der Waals surface area (Å²) in [7, 11) is 0. The fourth-order valence-corrected chi connectivity index (χ4v) is 1.55. The Morgan fingerprint density at radius 2 is 2.14 bits per heavy atom. The van der Waals surface area contributed by atoms with E-state index in [1.54, 1.807) is 16.8 Å². The minimum atomic E-state index is -0.162. The largest absolute Gasteiger partial charge is 0.508 e. The molecule has 1 heterocycles. The van der Waals surface area contributed by atoms with Crippen LogP contribution in [0.15, 0.2) is 23.0 Å². The molecule has 4 nitrogen and oxygen atoms in total. The number of aromatic amines is 1. The minimum absolute atomic E-state index is 0.115. The molecule has 0 bridgehead atoms. The number of hydrogen-bond acceptors (Lipinski definition) is 2. The van der Waals surface area contributed by atoms with Crippen LogP contribution < -0.4 is 5.56 Å². The quantitative estimate of drug-likeness (QED) is 0.721. The van der Waals surface area contributed by atoms with Gasteiger partial charge in [-0.1, -0.05) is 0 Å². The van der Waals surface area contributed by atoms with Gasteiger partial charge in [0, 0.05) is 6.04 Å².